The molecular weight excluding hydrogens is 446 g/mol. The van der Waals surface area contributed by atoms with E-state index in [0.717, 1.165) is 14.6 Å². The smallest absolute Gasteiger partial charge is 0.0631 e. The Kier molecular flexibility index (Phi) is 4.53. The van der Waals surface area contributed by atoms with Crippen LogP contribution in [0.4, 0.5) is 5.69 Å². The lowest BCUT2D eigenvalue weighted by molar-refractivity contribution is 0.374. The van der Waals surface area contributed by atoms with Crippen LogP contribution in [0.3, 0.4) is 0 Å². The number of halogens is 3. The van der Waals surface area contributed by atoms with Crippen molar-refractivity contribution in [1.29, 1.82) is 0 Å². The van der Waals surface area contributed by atoms with E-state index in [2.05, 4.69) is 89.5 Å². The summed E-state index contributed by atoms with van der Waals surface area (Å²) in [4.78, 5) is 0. The minimum Gasteiger partial charge on any atom is -0.380 e. The fourth-order valence-corrected chi connectivity index (χ4v) is 4.25. The lowest BCUT2D eigenvalue weighted by Crippen LogP contribution is -2.34. The van der Waals surface area contributed by atoms with Crippen LogP contribution in [0.2, 0.25) is 0 Å². The topological polar surface area (TPSA) is 12.0 Å². The molecule has 1 aliphatic rings. The van der Waals surface area contributed by atoms with Crippen LogP contribution in [0.25, 0.3) is 0 Å². The van der Waals surface area contributed by atoms with E-state index < -0.39 is 0 Å². The van der Waals surface area contributed by atoms with Gasteiger partial charge in [0, 0.05) is 19.5 Å². The highest BCUT2D eigenvalue weighted by Gasteiger charge is 2.30. The van der Waals surface area contributed by atoms with Gasteiger partial charge in [0.25, 0.3) is 0 Å². The van der Waals surface area contributed by atoms with Crippen LogP contribution in [0.15, 0.2) is 55.9 Å². The van der Waals surface area contributed by atoms with E-state index in [-0.39, 0.29) is 0 Å². The minimum atomic E-state index is 0.550. The van der Waals surface area contributed by atoms with Crippen LogP contribution in [0.1, 0.15) is 24.3 Å². The predicted octanol–water partition coefficient (Wildman–Crippen LogP) is 6.33. The summed E-state index contributed by atoms with van der Waals surface area (Å²) in [6.07, 6.45) is 2.37. The summed E-state index contributed by atoms with van der Waals surface area (Å²) in [6, 6.07) is 15.4. The molecule has 0 aromatic heterocycles. The van der Waals surface area contributed by atoms with E-state index in [1.54, 1.807) is 0 Å². The molecule has 0 radical (unpaired) electrons. The fourth-order valence-electron chi connectivity index (χ4n) is 2.61. The second-order valence-electron chi connectivity index (χ2n) is 5.16. The van der Waals surface area contributed by atoms with Crippen LogP contribution in [-0.2, 0) is 0 Å². The molecule has 4 heteroatoms. The first-order chi connectivity index (χ1) is 9.63. The Morgan fingerprint density at radius 2 is 1.55 bits per heavy atom. The lowest BCUT2D eigenvalue weighted by Gasteiger charge is -2.37. The van der Waals surface area contributed by atoms with Gasteiger partial charge in [-0.3, -0.25) is 0 Å². The Hall–Kier alpha value is -0.320. The number of benzene rings is 2. The fraction of sp³-hybridized carbons (Fsp3) is 0.250. The molecule has 0 aliphatic heterocycles. The van der Waals surface area contributed by atoms with E-state index in [0.29, 0.717) is 12.0 Å². The largest absolute Gasteiger partial charge is 0.380 e. The number of hydrogen-bond donors (Lipinski definition) is 1. The average molecular weight is 460 g/mol. The van der Waals surface area contributed by atoms with Crippen molar-refractivity contribution >= 4 is 53.5 Å². The lowest BCUT2D eigenvalue weighted by atomic mass is 9.76. The summed E-state index contributed by atoms with van der Waals surface area (Å²) in [5, 5.41) is 3.62. The molecule has 0 bridgehead atoms. The average Bonchev–Trinajstić information content (AvgIpc) is 2.36. The summed E-state index contributed by atoms with van der Waals surface area (Å²) in [5.74, 6) is 0.672. The number of hydrogen-bond acceptors (Lipinski definition) is 1. The molecule has 0 amide bonds. The highest BCUT2D eigenvalue weighted by Crippen LogP contribution is 2.41. The maximum absolute atomic E-state index is 3.62. The van der Waals surface area contributed by atoms with Crippen molar-refractivity contribution in [3.8, 4) is 0 Å². The first kappa shape index (κ1) is 14.6. The third-order valence-electron chi connectivity index (χ3n) is 3.77. The van der Waals surface area contributed by atoms with Gasteiger partial charge in [0.05, 0.1) is 5.69 Å². The third-order valence-corrected chi connectivity index (χ3v) is 5.58. The molecule has 3 rings (SSSR count). The zero-order chi connectivity index (χ0) is 14.1. The van der Waals surface area contributed by atoms with E-state index in [4.69, 9.17) is 0 Å². The van der Waals surface area contributed by atoms with Gasteiger partial charge in [0.1, 0.15) is 0 Å². The van der Waals surface area contributed by atoms with Gasteiger partial charge in [-0.1, -0.05) is 34.1 Å². The molecule has 0 spiro atoms. The number of rotatable bonds is 3. The maximum atomic E-state index is 3.62. The van der Waals surface area contributed by atoms with Crippen LogP contribution in [0.5, 0.6) is 0 Å². The minimum absolute atomic E-state index is 0.550. The second-order valence-corrected chi connectivity index (χ2v) is 7.79. The molecule has 2 aromatic carbocycles. The van der Waals surface area contributed by atoms with Crippen molar-refractivity contribution in [3.63, 3.8) is 0 Å². The molecule has 104 valence electrons. The Bertz CT molecular complexity index is 601. The molecule has 1 saturated carbocycles. The number of nitrogens with one attached hydrogen (secondary N) is 1. The SMILES string of the molecule is Brc1cccc(C2CC(Nc3c(Br)cccc3Br)C2)c1. The molecule has 0 saturated heterocycles. The van der Waals surface area contributed by atoms with Crippen molar-refractivity contribution < 1.29 is 0 Å². The Labute approximate surface area is 144 Å². The van der Waals surface area contributed by atoms with E-state index in [9.17, 15) is 0 Å². The first-order valence-electron chi connectivity index (χ1n) is 6.59. The second kappa shape index (κ2) is 6.20. The van der Waals surface area contributed by atoms with E-state index in [1.807, 2.05) is 6.07 Å². The van der Waals surface area contributed by atoms with Crippen molar-refractivity contribution in [2.75, 3.05) is 5.32 Å². The molecule has 0 atom stereocenters. The summed E-state index contributed by atoms with van der Waals surface area (Å²) in [6.45, 7) is 0. The van der Waals surface area contributed by atoms with Crippen LogP contribution in [0, 0.1) is 0 Å². The monoisotopic (exact) mass is 457 g/mol. The third kappa shape index (κ3) is 3.12. The molecule has 2 aromatic rings. The van der Waals surface area contributed by atoms with Crippen LogP contribution < -0.4 is 5.32 Å². The quantitative estimate of drug-likeness (QED) is 0.565. The molecule has 1 fully saturated rings. The van der Waals surface area contributed by atoms with Gasteiger partial charge in [-0.15, -0.1) is 0 Å². The molecule has 1 N–H and O–H groups in total. The number of para-hydroxylation sites is 1. The number of anilines is 1. The Balaban J connectivity index is 1.64. The van der Waals surface area contributed by atoms with Gasteiger partial charge in [-0.25, -0.2) is 0 Å². The van der Waals surface area contributed by atoms with Gasteiger partial charge in [0.15, 0.2) is 0 Å². The van der Waals surface area contributed by atoms with E-state index >= 15 is 0 Å². The molecule has 0 heterocycles. The molecule has 0 unspecified atom stereocenters. The highest BCUT2D eigenvalue weighted by atomic mass is 79.9. The normalized spacial score (nSPS) is 21.4. The van der Waals surface area contributed by atoms with Crippen LogP contribution >= 0.6 is 47.8 Å². The van der Waals surface area contributed by atoms with Gasteiger partial charge < -0.3 is 5.32 Å². The molecular formula is C16H14Br3N. The Morgan fingerprint density at radius 3 is 2.20 bits per heavy atom. The van der Waals surface area contributed by atoms with Crippen LogP contribution in [-0.4, -0.2) is 6.04 Å². The maximum Gasteiger partial charge on any atom is 0.0631 e. The van der Waals surface area contributed by atoms with Crippen molar-refractivity contribution in [2.24, 2.45) is 0 Å². The molecule has 1 aliphatic carbocycles. The zero-order valence-electron chi connectivity index (χ0n) is 10.7. The van der Waals surface area contributed by atoms with Crippen molar-refractivity contribution in [2.45, 2.75) is 24.8 Å². The zero-order valence-corrected chi connectivity index (χ0v) is 15.5. The summed E-state index contributed by atoms with van der Waals surface area (Å²) in [7, 11) is 0. The van der Waals surface area contributed by atoms with Crippen molar-refractivity contribution in [3.05, 3.63) is 61.4 Å². The van der Waals surface area contributed by atoms with Gasteiger partial charge in [-0.2, -0.15) is 0 Å². The summed E-state index contributed by atoms with van der Waals surface area (Å²) in [5.41, 5.74) is 2.59. The Morgan fingerprint density at radius 1 is 0.900 bits per heavy atom. The summed E-state index contributed by atoms with van der Waals surface area (Å²) >= 11 is 10.7. The highest BCUT2D eigenvalue weighted by molar-refractivity contribution is 9.11. The van der Waals surface area contributed by atoms with Gasteiger partial charge in [0.2, 0.25) is 0 Å². The standard InChI is InChI=1S/C16H14Br3N/c17-12-4-1-3-10(7-12)11-8-13(9-11)20-16-14(18)5-2-6-15(16)19/h1-7,11,13,20H,8-9H2. The van der Waals surface area contributed by atoms with Crippen molar-refractivity contribution in [1.82, 2.24) is 0 Å². The summed E-state index contributed by atoms with van der Waals surface area (Å²) < 4.78 is 3.38. The first-order valence-corrected chi connectivity index (χ1v) is 8.97. The predicted molar refractivity (Wildman–Crippen MR) is 95.4 cm³/mol. The van der Waals surface area contributed by atoms with Gasteiger partial charge >= 0.3 is 0 Å². The molecule has 1 nitrogen and oxygen atoms in total. The van der Waals surface area contributed by atoms with Gasteiger partial charge in [-0.05, 0) is 80.4 Å². The van der Waals surface area contributed by atoms with E-state index in [1.165, 1.54) is 22.9 Å². The molecule has 20 heavy (non-hydrogen) atoms.